The smallest absolute Gasteiger partial charge is 0.245 e. The number of nitrogens with two attached hydrogens (primary N) is 1. The van der Waals surface area contributed by atoms with Crippen LogP contribution in [0.15, 0.2) is 30.3 Å². The van der Waals surface area contributed by atoms with E-state index in [2.05, 4.69) is 43.4 Å². The molecular weight excluding hydrogens is 362 g/mol. The minimum absolute atomic E-state index is 0.0142. The van der Waals surface area contributed by atoms with Crippen LogP contribution in [0.5, 0.6) is 0 Å². The number of carbonyl (C=O) groups excluding carboxylic acids is 2. The summed E-state index contributed by atoms with van der Waals surface area (Å²) >= 11 is 0. The zero-order valence-corrected chi connectivity index (χ0v) is 18.2. The quantitative estimate of drug-likeness (QED) is 0.557. The summed E-state index contributed by atoms with van der Waals surface area (Å²) in [7, 11) is 0. The molecule has 5 nitrogen and oxygen atoms in total. The predicted molar refractivity (Wildman–Crippen MR) is 118 cm³/mol. The molecule has 0 spiro atoms. The number of benzene rings is 1. The van der Waals surface area contributed by atoms with Crippen LogP contribution >= 0.6 is 0 Å². The zero-order valence-electron chi connectivity index (χ0n) is 18.2. The molecule has 29 heavy (non-hydrogen) atoms. The standard InChI is InChI=1S/C24H39N3O2/c1-3-19(2)23(26-22(28)12-8-5-9-15-25)24(29)27-16-13-21(14-17-27)18-20-10-6-4-7-11-20/h4,6-7,10-11,19,21,23H,3,5,8-9,12-18,25H2,1-2H3,(H,26,28)/t19-,23+/m0/s1. The van der Waals surface area contributed by atoms with Gasteiger partial charge in [-0.3, -0.25) is 9.59 Å². The fourth-order valence-electron chi connectivity index (χ4n) is 4.04. The van der Waals surface area contributed by atoms with E-state index >= 15 is 0 Å². The molecule has 0 bridgehead atoms. The molecular formula is C24H39N3O2. The molecule has 1 aliphatic heterocycles. The molecule has 1 aromatic carbocycles. The summed E-state index contributed by atoms with van der Waals surface area (Å²) in [5.41, 5.74) is 6.88. The summed E-state index contributed by atoms with van der Waals surface area (Å²) in [4.78, 5) is 27.5. The van der Waals surface area contributed by atoms with E-state index in [9.17, 15) is 9.59 Å². The van der Waals surface area contributed by atoms with Crippen molar-refractivity contribution in [1.29, 1.82) is 0 Å². The SMILES string of the molecule is CC[C@H](C)[C@@H](NC(=O)CCCCCN)C(=O)N1CCC(Cc2ccccc2)CC1. The average molecular weight is 402 g/mol. The monoisotopic (exact) mass is 401 g/mol. The van der Waals surface area contributed by atoms with Gasteiger partial charge in [-0.2, -0.15) is 0 Å². The Labute approximate surface area is 176 Å². The van der Waals surface area contributed by atoms with Crippen LogP contribution in [0.3, 0.4) is 0 Å². The number of amides is 2. The first-order valence-corrected chi connectivity index (χ1v) is 11.4. The molecule has 2 atom stereocenters. The van der Waals surface area contributed by atoms with Gasteiger partial charge in [0.2, 0.25) is 11.8 Å². The lowest BCUT2D eigenvalue weighted by Crippen LogP contribution is -2.53. The number of carbonyl (C=O) groups is 2. The lowest BCUT2D eigenvalue weighted by Gasteiger charge is -2.36. The van der Waals surface area contributed by atoms with Gasteiger partial charge in [-0.15, -0.1) is 0 Å². The maximum Gasteiger partial charge on any atom is 0.245 e. The average Bonchev–Trinajstić information content (AvgIpc) is 2.75. The van der Waals surface area contributed by atoms with Crippen molar-refractivity contribution in [2.45, 2.75) is 71.3 Å². The van der Waals surface area contributed by atoms with Crippen molar-refractivity contribution in [3.05, 3.63) is 35.9 Å². The fraction of sp³-hybridized carbons (Fsp3) is 0.667. The van der Waals surface area contributed by atoms with Crippen LogP contribution in [0.25, 0.3) is 0 Å². The van der Waals surface area contributed by atoms with Gasteiger partial charge >= 0.3 is 0 Å². The second-order valence-electron chi connectivity index (χ2n) is 8.49. The van der Waals surface area contributed by atoms with E-state index < -0.39 is 6.04 Å². The molecule has 1 saturated heterocycles. The normalized spacial score (nSPS) is 17.0. The Kier molecular flexibility index (Phi) is 10.2. The second-order valence-corrected chi connectivity index (χ2v) is 8.49. The number of nitrogens with zero attached hydrogens (tertiary/aromatic N) is 1. The summed E-state index contributed by atoms with van der Waals surface area (Å²) in [5, 5.41) is 3.03. The molecule has 1 heterocycles. The molecule has 5 heteroatoms. The number of unbranched alkanes of at least 4 members (excludes halogenated alkanes) is 2. The summed E-state index contributed by atoms with van der Waals surface area (Å²) in [6.45, 7) is 6.37. The van der Waals surface area contributed by atoms with Gasteiger partial charge in [-0.1, -0.05) is 57.0 Å². The second kappa shape index (κ2) is 12.6. The van der Waals surface area contributed by atoms with E-state index in [4.69, 9.17) is 5.73 Å². The van der Waals surface area contributed by atoms with Gasteiger partial charge in [0.05, 0.1) is 0 Å². The fourth-order valence-corrected chi connectivity index (χ4v) is 4.04. The highest BCUT2D eigenvalue weighted by Crippen LogP contribution is 2.23. The molecule has 1 fully saturated rings. The Morgan fingerprint density at radius 3 is 2.45 bits per heavy atom. The van der Waals surface area contributed by atoms with Crippen LogP contribution in [0.4, 0.5) is 0 Å². The van der Waals surface area contributed by atoms with Crippen LogP contribution in [0, 0.1) is 11.8 Å². The maximum absolute atomic E-state index is 13.2. The lowest BCUT2D eigenvalue weighted by molar-refractivity contribution is -0.139. The van der Waals surface area contributed by atoms with Gasteiger partial charge < -0.3 is 16.0 Å². The largest absolute Gasteiger partial charge is 0.344 e. The highest BCUT2D eigenvalue weighted by Gasteiger charge is 2.32. The number of hydrogen-bond acceptors (Lipinski definition) is 3. The van der Waals surface area contributed by atoms with Crippen molar-refractivity contribution >= 4 is 11.8 Å². The highest BCUT2D eigenvalue weighted by atomic mass is 16.2. The molecule has 162 valence electrons. The minimum atomic E-state index is -0.410. The van der Waals surface area contributed by atoms with Crippen molar-refractivity contribution in [1.82, 2.24) is 10.2 Å². The summed E-state index contributed by atoms with van der Waals surface area (Å²) in [6.07, 6.45) is 7.21. The highest BCUT2D eigenvalue weighted by molar-refractivity contribution is 5.88. The number of nitrogens with one attached hydrogen (secondary N) is 1. The van der Waals surface area contributed by atoms with Crippen LogP contribution < -0.4 is 11.1 Å². The Morgan fingerprint density at radius 2 is 1.83 bits per heavy atom. The van der Waals surface area contributed by atoms with Gasteiger partial charge in [0, 0.05) is 19.5 Å². The Morgan fingerprint density at radius 1 is 1.14 bits per heavy atom. The van der Waals surface area contributed by atoms with Crippen LogP contribution in [0.1, 0.15) is 64.4 Å². The number of hydrogen-bond donors (Lipinski definition) is 2. The van der Waals surface area contributed by atoms with Gasteiger partial charge in [0.25, 0.3) is 0 Å². The first-order chi connectivity index (χ1) is 14.0. The molecule has 2 rings (SSSR count). The third kappa shape index (κ3) is 7.81. The first kappa shape index (κ1) is 23.4. The number of likely N-dealkylation sites (tertiary alicyclic amines) is 1. The van der Waals surface area contributed by atoms with Crippen molar-refractivity contribution in [2.75, 3.05) is 19.6 Å². The Bertz CT molecular complexity index is 612. The minimum Gasteiger partial charge on any atom is -0.344 e. The van der Waals surface area contributed by atoms with Crippen LogP contribution in [-0.2, 0) is 16.0 Å². The zero-order chi connectivity index (χ0) is 21.1. The number of rotatable bonds is 11. The van der Waals surface area contributed by atoms with E-state index in [1.807, 2.05) is 11.0 Å². The molecule has 2 amide bonds. The van der Waals surface area contributed by atoms with Crippen molar-refractivity contribution < 1.29 is 9.59 Å². The number of piperidine rings is 1. The molecule has 0 unspecified atom stereocenters. The lowest BCUT2D eigenvalue weighted by atomic mass is 9.89. The molecule has 0 saturated carbocycles. The third-order valence-corrected chi connectivity index (χ3v) is 6.20. The van der Waals surface area contributed by atoms with Crippen LogP contribution in [-0.4, -0.2) is 42.4 Å². The topological polar surface area (TPSA) is 75.4 Å². The molecule has 3 N–H and O–H groups in total. The predicted octanol–water partition coefficient (Wildman–Crippen LogP) is 3.52. The van der Waals surface area contributed by atoms with E-state index in [-0.39, 0.29) is 17.7 Å². The van der Waals surface area contributed by atoms with Gasteiger partial charge in [-0.25, -0.2) is 0 Å². The van der Waals surface area contributed by atoms with Crippen molar-refractivity contribution in [3.8, 4) is 0 Å². The summed E-state index contributed by atoms with van der Waals surface area (Å²) in [6, 6.07) is 10.2. The van der Waals surface area contributed by atoms with E-state index in [0.717, 1.165) is 58.0 Å². The van der Waals surface area contributed by atoms with Gasteiger partial charge in [-0.05, 0) is 56.0 Å². The van der Waals surface area contributed by atoms with E-state index in [1.165, 1.54) is 5.56 Å². The molecule has 1 aliphatic rings. The van der Waals surface area contributed by atoms with Gasteiger partial charge in [0.1, 0.15) is 6.04 Å². The van der Waals surface area contributed by atoms with E-state index in [1.54, 1.807) is 0 Å². The van der Waals surface area contributed by atoms with Gasteiger partial charge in [0.15, 0.2) is 0 Å². The third-order valence-electron chi connectivity index (χ3n) is 6.20. The maximum atomic E-state index is 13.2. The Hall–Kier alpha value is -1.88. The summed E-state index contributed by atoms with van der Waals surface area (Å²) in [5.74, 6) is 0.839. The Balaban J connectivity index is 1.85. The van der Waals surface area contributed by atoms with Crippen molar-refractivity contribution in [3.63, 3.8) is 0 Å². The van der Waals surface area contributed by atoms with Crippen molar-refractivity contribution in [2.24, 2.45) is 17.6 Å². The molecule has 0 radical (unpaired) electrons. The molecule has 0 aromatic heterocycles. The molecule has 0 aliphatic carbocycles. The first-order valence-electron chi connectivity index (χ1n) is 11.4. The summed E-state index contributed by atoms with van der Waals surface area (Å²) < 4.78 is 0. The molecule has 1 aromatic rings. The van der Waals surface area contributed by atoms with Crippen LogP contribution in [0.2, 0.25) is 0 Å². The van der Waals surface area contributed by atoms with E-state index in [0.29, 0.717) is 18.9 Å².